The topological polar surface area (TPSA) is 80.3 Å². The molecule has 0 unspecified atom stereocenters. The zero-order chi connectivity index (χ0) is 23.5. The molecule has 4 aromatic rings. The van der Waals surface area contributed by atoms with Crippen LogP contribution in [0.15, 0.2) is 66.7 Å². The van der Waals surface area contributed by atoms with E-state index in [0.29, 0.717) is 10.7 Å². The second-order valence-corrected chi connectivity index (χ2v) is 9.28. The highest BCUT2D eigenvalue weighted by molar-refractivity contribution is 7.22. The van der Waals surface area contributed by atoms with Gasteiger partial charge >= 0.3 is 5.97 Å². The predicted molar refractivity (Wildman–Crippen MR) is 130 cm³/mol. The molecule has 0 spiro atoms. The molecule has 0 radical (unpaired) electrons. The predicted octanol–water partition coefficient (Wildman–Crippen LogP) is 6.22. The van der Waals surface area contributed by atoms with Crippen molar-refractivity contribution in [3.8, 4) is 11.1 Å². The second kappa shape index (κ2) is 9.61. The lowest BCUT2D eigenvalue weighted by Gasteiger charge is -2.10. The number of thiazole rings is 1. The lowest BCUT2D eigenvalue weighted by atomic mass is 10.0. The Morgan fingerprint density at radius 3 is 2.32 bits per heavy atom. The zero-order valence-corrected chi connectivity index (χ0v) is 19.0. The van der Waals surface area contributed by atoms with Gasteiger partial charge in [0.05, 0.1) is 16.1 Å². The molecule has 1 aliphatic rings. The van der Waals surface area contributed by atoms with Crippen LogP contribution in [0.25, 0.3) is 21.3 Å². The maximum atomic E-state index is 13.4. The van der Waals surface area contributed by atoms with Gasteiger partial charge in [0.15, 0.2) is 5.13 Å². The van der Waals surface area contributed by atoms with E-state index in [1.807, 2.05) is 36.4 Å². The van der Waals surface area contributed by atoms with Gasteiger partial charge in [0.2, 0.25) is 0 Å². The Bertz CT molecular complexity index is 1330. The van der Waals surface area contributed by atoms with Crippen LogP contribution in [-0.4, -0.2) is 16.9 Å². The molecular formula is C26H22FN3O3S. The SMILES string of the molecule is O=C(NOC(=O)C1CCCC1)c1ccc(-c2ccc(Nc3nc4ccc(F)cc4s3)cc2)cc1. The van der Waals surface area contributed by atoms with Crippen LogP contribution in [0.5, 0.6) is 0 Å². The molecule has 0 atom stereocenters. The molecule has 1 fully saturated rings. The normalized spacial score (nSPS) is 13.7. The zero-order valence-electron chi connectivity index (χ0n) is 18.2. The van der Waals surface area contributed by atoms with E-state index in [2.05, 4.69) is 15.8 Å². The van der Waals surface area contributed by atoms with Crippen molar-refractivity contribution in [2.75, 3.05) is 5.32 Å². The number of nitrogens with one attached hydrogen (secondary N) is 2. The van der Waals surface area contributed by atoms with Crippen molar-refractivity contribution in [2.45, 2.75) is 25.7 Å². The Balaban J connectivity index is 1.20. The highest BCUT2D eigenvalue weighted by atomic mass is 32.1. The molecule has 34 heavy (non-hydrogen) atoms. The number of hydrogen-bond donors (Lipinski definition) is 2. The van der Waals surface area contributed by atoms with Gasteiger partial charge in [-0.05, 0) is 66.4 Å². The number of amides is 1. The van der Waals surface area contributed by atoms with Crippen molar-refractivity contribution in [1.29, 1.82) is 0 Å². The second-order valence-electron chi connectivity index (χ2n) is 8.24. The molecule has 1 aromatic heterocycles. The quantitative estimate of drug-likeness (QED) is 0.335. The van der Waals surface area contributed by atoms with E-state index < -0.39 is 5.91 Å². The third kappa shape index (κ3) is 4.92. The van der Waals surface area contributed by atoms with Crippen molar-refractivity contribution in [2.24, 2.45) is 5.92 Å². The molecule has 172 valence electrons. The Morgan fingerprint density at radius 1 is 0.941 bits per heavy atom. The monoisotopic (exact) mass is 475 g/mol. The minimum Gasteiger partial charge on any atom is -0.340 e. The number of fused-ring (bicyclic) bond motifs is 1. The first-order chi connectivity index (χ1) is 16.5. The van der Waals surface area contributed by atoms with Crippen LogP contribution >= 0.6 is 11.3 Å². The highest BCUT2D eigenvalue weighted by Gasteiger charge is 2.25. The van der Waals surface area contributed by atoms with Gasteiger partial charge in [-0.2, -0.15) is 5.48 Å². The fraction of sp³-hybridized carbons (Fsp3) is 0.192. The number of carbonyl (C=O) groups excluding carboxylic acids is 2. The van der Waals surface area contributed by atoms with E-state index in [-0.39, 0.29) is 17.7 Å². The first-order valence-electron chi connectivity index (χ1n) is 11.1. The summed E-state index contributed by atoms with van der Waals surface area (Å²) >= 11 is 1.39. The van der Waals surface area contributed by atoms with Crippen LogP contribution in [0.1, 0.15) is 36.0 Å². The summed E-state index contributed by atoms with van der Waals surface area (Å²) < 4.78 is 14.2. The maximum Gasteiger partial charge on any atom is 0.335 e. The average Bonchev–Trinajstić information content (AvgIpc) is 3.53. The molecule has 0 saturated heterocycles. The Labute approximate surface area is 199 Å². The molecule has 0 aliphatic heterocycles. The number of nitrogens with zero attached hydrogens (tertiary/aromatic N) is 1. The van der Waals surface area contributed by atoms with Crippen LogP contribution in [-0.2, 0) is 9.63 Å². The summed E-state index contributed by atoms with van der Waals surface area (Å²) in [7, 11) is 0. The number of hydroxylamine groups is 1. The molecular weight excluding hydrogens is 453 g/mol. The van der Waals surface area contributed by atoms with Crippen LogP contribution in [0.4, 0.5) is 15.2 Å². The fourth-order valence-corrected chi connectivity index (χ4v) is 4.95. The van der Waals surface area contributed by atoms with E-state index in [1.54, 1.807) is 18.2 Å². The molecule has 0 bridgehead atoms. The number of anilines is 2. The molecule has 5 rings (SSSR count). The summed E-state index contributed by atoms with van der Waals surface area (Å²) in [5.41, 5.74) is 6.21. The maximum absolute atomic E-state index is 13.4. The average molecular weight is 476 g/mol. The first kappa shape index (κ1) is 22.0. The Kier molecular flexibility index (Phi) is 6.22. The van der Waals surface area contributed by atoms with E-state index >= 15 is 0 Å². The molecule has 6 nitrogen and oxygen atoms in total. The third-order valence-electron chi connectivity index (χ3n) is 5.90. The van der Waals surface area contributed by atoms with Gasteiger partial charge in [0, 0.05) is 11.3 Å². The molecule has 2 N–H and O–H groups in total. The van der Waals surface area contributed by atoms with Crippen molar-refractivity contribution >= 4 is 44.2 Å². The minimum atomic E-state index is -0.451. The van der Waals surface area contributed by atoms with Crippen LogP contribution in [0.2, 0.25) is 0 Å². The summed E-state index contributed by atoms with van der Waals surface area (Å²) in [4.78, 5) is 33.7. The summed E-state index contributed by atoms with van der Waals surface area (Å²) in [6.07, 6.45) is 3.68. The van der Waals surface area contributed by atoms with E-state index in [0.717, 1.165) is 52.7 Å². The number of rotatable bonds is 5. The van der Waals surface area contributed by atoms with E-state index in [1.165, 1.54) is 23.5 Å². The molecule has 1 aliphatic carbocycles. The van der Waals surface area contributed by atoms with E-state index in [9.17, 15) is 14.0 Å². The van der Waals surface area contributed by atoms with Gasteiger partial charge in [-0.1, -0.05) is 48.4 Å². The standard InChI is InChI=1S/C26H22FN3O3S/c27-20-11-14-22-23(15-20)34-26(29-22)28-21-12-9-17(10-13-21)16-5-7-18(8-6-16)24(31)30-33-25(32)19-3-1-2-4-19/h5-15,19H,1-4H2,(H,28,29)(H,30,31). The summed E-state index contributed by atoms with van der Waals surface area (Å²) in [5, 5.41) is 3.94. The van der Waals surface area contributed by atoms with Crippen molar-refractivity contribution < 1.29 is 18.8 Å². The number of aromatic nitrogens is 1. The summed E-state index contributed by atoms with van der Waals surface area (Å²) in [6, 6.07) is 19.4. The lowest BCUT2D eigenvalue weighted by molar-refractivity contribution is -0.153. The van der Waals surface area contributed by atoms with Crippen LogP contribution in [0, 0.1) is 11.7 Å². The van der Waals surface area contributed by atoms with Gasteiger partial charge in [-0.15, -0.1) is 0 Å². The smallest absolute Gasteiger partial charge is 0.335 e. The van der Waals surface area contributed by atoms with Crippen molar-refractivity contribution in [3.05, 3.63) is 78.1 Å². The summed E-state index contributed by atoms with van der Waals surface area (Å²) in [6.45, 7) is 0. The Hall–Kier alpha value is -3.78. The first-order valence-corrected chi connectivity index (χ1v) is 11.9. The minimum absolute atomic E-state index is 0.113. The number of benzene rings is 3. The van der Waals surface area contributed by atoms with Gasteiger partial charge in [0.1, 0.15) is 5.82 Å². The molecule has 3 aromatic carbocycles. The summed E-state index contributed by atoms with van der Waals surface area (Å²) in [5.74, 6) is -1.21. The third-order valence-corrected chi connectivity index (χ3v) is 6.83. The number of hydrogen-bond acceptors (Lipinski definition) is 6. The van der Waals surface area contributed by atoms with E-state index in [4.69, 9.17) is 4.84 Å². The van der Waals surface area contributed by atoms with Gasteiger partial charge in [-0.3, -0.25) is 4.79 Å². The van der Waals surface area contributed by atoms with Gasteiger partial charge in [-0.25, -0.2) is 14.2 Å². The number of halogens is 1. The fourth-order valence-electron chi connectivity index (χ4n) is 4.04. The van der Waals surface area contributed by atoms with Crippen LogP contribution < -0.4 is 10.8 Å². The lowest BCUT2D eigenvalue weighted by Crippen LogP contribution is -2.29. The van der Waals surface area contributed by atoms with Crippen molar-refractivity contribution in [1.82, 2.24) is 10.5 Å². The molecule has 1 heterocycles. The van der Waals surface area contributed by atoms with Gasteiger partial charge < -0.3 is 10.2 Å². The van der Waals surface area contributed by atoms with Gasteiger partial charge in [0.25, 0.3) is 5.91 Å². The Morgan fingerprint density at radius 2 is 1.62 bits per heavy atom. The largest absolute Gasteiger partial charge is 0.340 e. The molecule has 1 saturated carbocycles. The highest BCUT2D eigenvalue weighted by Crippen LogP contribution is 2.30. The van der Waals surface area contributed by atoms with Crippen molar-refractivity contribution in [3.63, 3.8) is 0 Å². The molecule has 1 amide bonds. The molecule has 8 heteroatoms. The van der Waals surface area contributed by atoms with Crippen LogP contribution in [0.3, 0.4) is 0 Å². The number of carbonyl (C=O) groups is 2.